The normalized spacial score (nSPS) is 10.8. The van der Waals surface area contributed by atoms with E-state index in [1.807, 2.05) is 37.6 Å². The van der Waals surface area contributed by atoms with E-state index in [0.29, 0.717) is 18.4 Å². The Balaban J connectivity index is 1.95. The van der Waals surface area contributed by atoms with Gasteiger partial charge in [0.05, 0.1) is 5.69 Å². The van der Waals surface area contributed by atoms with Gasteiger partial charge < -0.3 is 4.74 Å². The fourth-order valence-corrected chi connectivity index (χ4v) is 1.51. The second-order valence-electron chi connectivity index (χ2n) is 4.35. The molecular formula is C13H17N3O. The number of hydrogen-bond acceptors (Lipinski definition) is 3. The van der Waals surface area contributed by atoms with Gasteiger partial charge in [0.2, 0.25) is 5.88 Å². The van der Waals surface area contributed by atoms with Crippen LogP contribution < -0.4 is 4.74 Å². The molecule has 0 spiro atoms. The Hall–Kier alpha value is -1.84. The van der Waals surface area contributed by atoms with E-state index in [1.165, 1.54) is 5.56 Å². The maximum Gasteiger partial charge on any atom is 0.213 e. The van der Waals surface area contributed by atoms with Crippen molar-refractivity contribution in [1.29, 1.82) is 0 Å². The molecule has 2 aromatic heterocycles. The number of hydrogen-bond donors (Lipinski definition) is 0. The minimum atomic E-state index is 0.453. The van der Waals surface area contributed by atoms with Gasteiger partial charge in [-0.3, -0.25) is 4.68 Å². The lowest BCUT2D eigenvalue weighted by atomic mass is 10.1. The van der Waals surface area contributed by atoms with E-state index in [4.69, 9.17) is 4.74 Å². The first kappa shape index (κ1) is 11.6. The van der Waals surface area contributed by atoms with Crippen LogP contribution in [0.2, 0.25) is 0 Å². The van der Waals surface area contributed by atoms with Gasteiger partial charge in [-0.25, -0.2) is 4.98 Å². The van der Waals surface area contributed by atoms with E-state index in [2.05, 4.69) is 23.9 Å². The van der Waals surface area contributed by atoms with Crippen molar-refractivity contribution < 1.29 is 4.74 Å². The van der Waals surface area contributed by atoms with Crippen molar-refractivity contribution in [3.8, 4) is 5.88 Å². The molecule has 0 amide bonds. The molecule has 4 heteroatoms. The summed E-state index contributed by atoms with van der Waals surface area (Å²) < 4.78 is 7.31. The minimum absolute atomic E-state index is 0.453. The van der Waals surface area contributed by atoms with Crippen LogP contribution in [0.25, 0.3) is 0 Å². The fourth-order valence-electron chi connectivity index (χ4n) is 1.51. The minimum Gasteiger partial charge on any atom is -0.471 e. The summed E-state index contributed by atoms with van der Waals surface area (Å²) >= 11 is 0. The number of ether oxygens (including phenoxy) is 1. The van der Waals surface area contributed by atoms with Crippen molar-refractivity contribution in [3.63, 3.8) is 0 Å². The molecule has 0 saturated heterocycles. The first-order chi connectivity index (χ1) is 8.15. The maximum atomic E-state index is 5.55. The van der Waals surface area contributed by atoms with Crippen molar-refractivity contribution in [2.24, 2.45) is 7.05 Å². The Morgan fingerprint density at radius 1 is 1.29 bits per heavy atom. The average Bonchev–Trinajstić information content (AvgIpc) is 2.73. The number of aryl methyl sites for hydroxylation is 1. The molecule has 17 heavy (non-hydrogen) atoms. The Morgan fingerprint density at radius 3 is 2.65 bits per heavy atom. The van der Waals surface area contributed by atoms with E-state index < -0.39 is 0 Å². The second kappa shape index (κ2) is 4.99. The van der Waals surface area contributed by atoms with E-state index in [9.17, 15) is 0 Å². The van der Waals surface area contributed by atoms with Gasteiger partial charge in [-0.05, 0) is 17.5 Å². The molecule has 4 nitrogen and oxygen atoms in total. The van der Waals surface area contributed by atoms with E-state index in [0.717, 1.165) is 5.69 Å². The van der Waals surface area contributed by atoms with Crippen LogP contribution in [0.3, 0.4) is 0 Å². The van der Waals surface area contributed by atoms with Crippen LogP contribution in [0.5, 0.6) is 5.88 Å². The summed E-state index contributed by atoms with van der Waals surface area (Å²) in [6.07, 6.45) is 3.76. The van der Waals surface area contributed by atoms with Gasteiger partial charge in [-0.15, -0.1) is 0 Å². The summed E-state index contributed by atoms with van der Waals surface area (Å²) in [5.74, 6) is 1.13. The fraction of sp³-hybridized carbons (Fsp3) is 0.385. The molecular weight excluding hydrogens is 214 g/mol. The van der Waals surface area contributed by atoms with Crippen LogP contribution in [0.1, 0.15) is 31.0 Å². The lowest BCUT2D eigenvalue weighted by Crippen LogP contribution is -1.99. The second-order valence-corrected chi connectivity index (χ2v) is 4.35. The third-order valence-corrected chi connectivity index (χ3v) is 2.56. The molecule has 2 rings (SSSR count). The molecule has 0 fully saturated rings. The zero-order chi connectivity index (χ0) is 12.3. The molecule has 0 aliphatic rings. The van der Waals surface area contributed by atoms with E-state index in [-0.39, 0.29) is 0 Å². The standard InChI is InChI=1S/C13H17N3O/c1-10(2)11-4-5-13(14-8-11)17-9-12-6-7-16(3)15-12/h4-8,10H,9H2,1-3H3. The third-order valence-electron chi connectivity index (χ3n) is 2.56. The van der Waals surface area contributed by atoms with Crippen LogP contribution in [0, 0.1) is 0 Å². The molecule has 2 aromatic rings. The van der Waals surface area contributed by atoms with Gasteiger partial charge in [0.15, 0.2) is 0 Å². The van der Waals surface area contributed by atoms with Crippen LogP contribution in [-0.2, 0) is 13.7 Å². The monoisotopic (exact) mass is 231 g/mol. The molecule has 0 N–H and O–H groups in total. The highest BCUT2D eigenvalue weighted by Crippen LogP contribution is 2.16. The molecule has 0 saturated carbocycles. The van der Waals surface area contributed by atoms with E-state index in [1.54, 1.807) is 4.68 Å². The highest BCUT2D eigenvalue weighted by Gasteiger charge is 2.02. The highest BCUT2D eigenvalue weighted by atomic mass is 16.5. The zero-order valence-electron chi connectivity index (χ0n) is 10.4. The Bertz CT molecular complexity index is 474. The van der Waals surface area contributed by atoms with Crippen molar-refractivity contribution in [2.45, 2.75) is 26.4 Å². The van der Waals surface area contributed by atoms with Gasteiger partial charge >= 0.3 is 0 Å². The number of nitrogens with zero attached hydrogens (tertiary/aromatic N) is 3. The van der Waals surface area contributed by atoms with Gasteiger partial charge in [0.1, 0.15) is 6.61 Å². The number of aromatic nitrogens is 3. The molecule has 0 bridgehead atoms. The largest absolute Gasteiger partial charge is 0.471 e. The zero-order valence-corrected chi connectivity index (χ0v) is 10.4. The Kier molecular flexibility index (Phi) is 3.42. The molecule has 0 radical (unpaired) electrons. The van der Waals surface area contributed by atoms with Crippen LogP contribution in [0.15, 0.2) is 30.6 Å². The maximum absolute atomic E-state index is 5.55. The van der Waals surface area contributed by atoms with Crippen molar-refractivity contribution >= 4 is 0 Å². The summed E-state index contributed by atoms with van der Waals surface area (Å²) in [6.45, 7) is 4.74. The molecule has 0 aliphatic heterocycles. The smallest absolute Gasteiger partial charge is 0.213 e. The molecule has 0 unspecified atom stereocenters. The van der Waals surface area contributed by atoms with Crippen LogP contribution in [-0.4, -0.2) is 14.8 Å². The predicted molar refractivity (Wildman–Crippen MR) is 65.9 cm³/mol. The lowest BCUT2D eigenvalue weighted by Gasteiger charge is -2.06. The summed E-state index contributed by atoms with van der Waals surface area (Å²) in [6, 6.07) is 5.88. The topological polar surface area (TPSA) is 39.9 Å². The van der Waals surface area contributed by atoms with Crippen molar-refractivity contribution in [1.82, 2.24) is 14.8 Å². The molecule has 90 valence electrons. The van der Waals surface area contributed by atoms with Gasteiger partial charge in [0, 0.05) is 25.5 Å². The lowest BCUT2D eigenvalue weighted by molar-refractivity contribution is 0.288. The van der Waals surface area contributed by atoms with Gasteiger partial charge in [-0.1, -0.05) is 19.9 Å². The summed E-state index contributed by atoms with van der Waals surface area (Å²) in [7, 11) is 1.89. The molecule has 0 aromatic carbocycles. The molecule has 2 heterocycles. The average molecular weight is 231 g/mol. The predicted octanol–water partition coefficient (Wildman–Crippen LogP) is 2.52. The number of pyridine rings is 1. The van der Waals surface area contributed by atoms with Crippen LogP contribution in [0.4, 0.5) is 0 Å². The quantitative estimate of drug-likeness (QED) is 0.811. The first-order valence-corrected chi connectivity index (χ1v) is 5.72. The molecule has 0 aliphatic carbocycles. The van der Waals surface area contributed by atoms with Gasteiger partial charge in [-0.2, -0.15) is 5.10 Å². The third kappa shape index (κ3) is 3.06. The Morgan fingerprint density at radius 2 is 2.12 bits per heavy atom. The Labute approximate surface area is 101 Å². The van der Waals surface area contributed by atoms with Crippen molar-refractivity contribution in [3.05, 3.63) is 41.9 Å². The first-order valence-electron chi connectivity index (χ1n) is 5.72. The van der Waals surface area contributed by atoms with Crippen molar-refractivity contribution in [2.75, 3.05) is 0 Å². The van der Waals surface area contributed by atoms with Crippen LogP contribution >= 0.6 is 0 Å². The SMILES string of the molecule is CC(C)c1ccc(OCc2ccn(C)n2)nc1. The highest BCUT2D eigenvalue weighted by molar-refractivity contribution is 5.20. The summed E-state index contributed by atoms with van der Waals surface area (Å²) in [5.41, 5.74) is 2.12. The molecule has 0 atom stereocenters. The van der Waals surface area contributed by atoms with E-state index >= 15 is 0 Å². The van der Waals surface area contributed by atoms with Gasteiger partial charge in [0.25, 0.3) is 0 Å². The number of rotatable bonds is 4. The summed E-state index contributed by atoms with van der Waals surface area (Å²) in [5, 5.41) is 4.24. The summed E-state index contributed by atoms with van der Waals surface area (Å²) in [4.78, 5) is 4.27.